The molecule has 3 N–H and O–H groups in total. The molecule has 0 fully saturated rings. The Morgan fingerprint density at radius 1 is 0.769 bits per heavy atom. The fourth-order valence-corrected chi connectivity index (χ4v) is 2.60. The average Bonchev–Trinajstić information content (AvgIpc) is 2.59. The molecule has 0 aromatic heterocycles. The highest BCUT2D eigenvalue weighted by molar-refractivity contribution is 5.80. The summed E-state index contributed by atoms with van der Waals surface area (Å²) in [5.41, 5.74) is -0.756. The predicted molar refractivity (Wildman–Crippen MR) is 89.3 cm³/mol. The van der Waals surface area contributed by atoms with Gasteiger partial charge in [-0.05, 0) is 24.8 Å². The summed E-state index contributed by atoms with van der Waals surface area (Å²) in [5.74, 6) is -4.24. The van der Waals surface area contributed by atoms with Crippen LogP contribution in [0, 0.1) is 5.41 Å². The molecule has 26 heavy (non-hydrogen) atoms. The van der Waals surface area contributed by atoms with Crippen molar-refractivity contribution in [3.63, 3.8) is 0 Å². The molecule has 142 valence electrons. The minimum Gasteiger partial charge on any atom is -0.481 e. The van der Waals surface area contributed by atoms with E-state index in [0.29, 0.717) is 5.56 Å². The Bertz CT molecular complexity index is 592. The van der Waals surface area contributed by atoms with Gasteiger partial charge in [-0.3, -0.25) is 19.2 Å². The molecule has 8 nitrogen and oxygen atoms in total. The van der Waals surface area contributed by atoms with Crippen molar-refractivity contribution < 1.29 is 39.2 Å². The van der Waals surface area contributed by atoms with E-state index in [9.17, 15) is 19.2 Å². The average molecular weight is 366 g/mol. The number of rotatable bonds is 12. The van der Waals surface area contributed by atoms with Gasteiger partial charge in [0, 0.05) is 19.3 Å². The molecular weight excluding hydrogens is 344 g/mol. The largest absolute Gasteiger partial charge is 0.481 e. The van der Waals surface area contributed by atoms with E-state index in [0.717, 1.165) is 0 Å². The highest BCUT2D eigenvalue weighted by Gasteiger charge is 2.40. The fourth-order valence-electron chi connectivity index (χ4n) is 2.60. The first-order valence-corrected chi connectivity index (χ1v) is 8.12. The number of ether oxygens (including phenoxy) is 1. The first-order chi connectivity index (χ1) is 12.2. The molecule has 0 aliphatic carbocycles. The Kier molecular flexibility index (Phi) is 8.27. The third-order valence-electron chi connectivity index (χ3n) is 4.10. The lowest BCUT2D eigenvalue weighted by Gasteiger charge is -2.30. The number of aliphatic carboxylic acids is 3. The van der Waals surface area contributed by atoms with E-state index in [1.165, 1.54) is 0 Å². The summed E-state index contributed by atoms with van der Waals surface area (Å²) >= 11 is 0. The van der Waals surface area contributed by atoms with E-state index in [1.54, 1.807) is 30.3 Å². The second kappa shape index (κ2) is 10.2. The minimum absolute atomic E-state index is 0.0609. The molecule has 0 radical (unpaired) electrons. The Balaban J connectivity index is 2.97. The SMILES string of the molecule is O=C(O)CCC(CCC(=O)O)(CCC(=O)O)C(=O)OCc1ccccc1. The van der Waals surface area contributed by atoms with Gasteiger partial charge in [0.15, 0.2) is 0 Å². The zero-order valence-corrected chi connectivity index (χ0v) is 14.2. The van der Waals surface area contributed by atoms with Crippen LogP contribution in [0.25, 0.3) is 0 Å². The molecule has 0 atom stereocenters. The molecule has 0 unspecified atom stereocenters. The summed E-state index contributed by atoms with van der Waals surface area (Å²) in [7, 11) is 0. The van der Waals surface area contributed by atoms with Gasteiger partial charge >= 0.3 is 23.9 Å². The van der Waals surface area contributed by atoms with E-state index in [2.05, 4.69) is 0 Å². The highest BCUT2D eigenvalue weighted by Crippen LogP contribution is 2.37. The van der Waals surface area contributed by atoms with Crippen molar-refractivity contribution in [3.05, 3.63) is 35.9 Å². The second-order valence-corrected chi connectivity index (χ2v) is 6.02. The molecule has 0 saturated carbocycles. The van der Waals surface area contributed by atoms with Gasteiger partial charge in [-0.1, -0.05) is 30.3 Å². The lowest BCUT2D eigenvalue weighted by molar-refractivity contribution is -0.160. The predicted octanol–water partition coefficient (Wildman–Crippen LogP) is 2.31. The van der Waals surface area contributed by atoms with Gasteiger partial charge in [-0.15, -0.1) is 0 Å². The van der Waals surface area contributed by atoms with Gasteiger partial charge in [0.25, 0.3) is 0 Å². The van der Waals surface area contributed by atoms with Crippen molar-refractivity contribution in [2.45, 2.75) is 45.1 Å². The van der Waals surface area contributed by atoms with Crippen molar-refractivity contribution in [2.24, 2.45) is 5.41 Å². The van der Waals surface area contributed by atoms with Crippen molar-refractivity contribution in [3.8, 4) is 0 Å². The van der Waals surface area contributed by atoms with Crippen molar-refractivity contribution in [1.29, 1.82) is 0 Å². The van der Waals surface area contributed by atoms with Crippen LogP contribution in [0.1, 0.15) is 44.1 Å². The van der Waals surface area contributed by atoms with Crippen LogP contribution < -0.4 is 0 Å². The maximum absolute atomic E-state index is 12.7. The smallest absolute Gasteiger partial charge is 0.312 e. The topological polar surface area (TPSA) is 138 Å². The summed E-state index contributed by atoms with van der Waals surface area (Å²) < 4.78 is 5.27. The van der Waals surface area contributed by atoms with Crippen LogP contribution in [0.2, 0.25) is 0 Å². The summed E-state index contributed by atoms with van der Waals surface area (Å²) in [6, 6.07) is 8.79. The molecule has 0 aliphatic heterocycles. The van der Waals surface area contributed by atoms with Gasteiger partial charge in [-0.25, -0.2) is 0 Å². The molecule has 0 heterocycles. The molecule has 0 saturated heterocycles. The lowest BCUT2D eigenvalue weighted by atomic mass is 9.75. The van der Waals surface area contributed by atoms with Gasteiger partial charge in [0.05, 0.1) is 5.41 Å². The Hall–Kier alpha value is -2.90. The summed E-state index contributed by atoms with van der Waals surface area (Å²) in [6.07, 6.45) is -1.72. The molecule has 0 bridgehead atoms. The number of carboxylic acid groups (broad SMARTS) is 3. The Labute approximate surface area is 150 Å². The van der Waals surface area contributed by atoms with E-state index >= 15 is 0 Å². The van der Waals surface area contributed by atoms with Gasteiger partial charge in [0.2, 0.25) is 0 Å². The number of carboxylic acids is 3. The molecule has 1 aromatic carbocycles. The molecule has 1 rings (SSSR count). The van der Waals surface area contributed by atoms with Gasteiger partial charge in [0.1, 0.15) is 6.61 Å². The third-order valence-corrected chi connectivity index (χ3v) is 4.10. The highest BCUT2D eigenvalue weighted by atomic mass is 16.5. The van der Waals surface area contributed by atoms with E-state index in [1.807, 2.05) is 0 Å². The zero-order valence-electron chi connectivity index (χ0n) is 14.2. The van der Waals surface area contributed by atoms with Crippen molar-refractivity contribution >= 4 is 23.9 Å². The van der Waals surface area contributed by atoms with E-state index in [4.69, 9.17) is 20.1 Å². The number of carbonyl (C=O) groups excluding carboxylic acids is 1. The fraction of sp³-hybridized carbons (Fsp3) is 0.444. The van der Waals surface area contributed by atoms with Gasteiger partial charge in [-0.2, -0.15) is 0 Å². The first-order valence-electron chi connectivity index (χ1n) is 8.12. The summed E-state index contributed by atoms with van der Waals surface area (Å²) in [6.45, 7) is -0.0609. The second-order valence-electron chi connectivity index (χ2n) is 6.02. The Morgan fingerprint density at radius 3 is 1.58 bits per heavy atom. The van der Waals surface area contributed by atoms with E-state index < -0.39 is 29.3 Å². The summed E-state index contributed by atoms with van der Waals surface area (Å²) in [5, 5.41) is 26.8. The van der Waals surface area contributed by atoms with Crippen LogP contribution in [0.3, 0.4) is 0 Å². The number of carbonyl (C=O) groups is 4. The number of hydrogen-bond donors (Lipinski definition) is 3. The Morgan fingerprint density at radius 2 is 1.19 bits per heavy atom. The number of benzene rings is 1. The monoisotopic (exact) mass is 366 g/mol. The maximum Gasteiger partial charge on any atom is 0.312 e. The van der Waals surface area contributed by atoms with Crippen molar-refractivity contribution in [2.75, 3.05) is 0 Å². The molecule has 8 heteroatoms. The molecule has 0 spiro atoms. The van der Waals surface area contributed by atoms with Crippen LogP contribution >= 0.6 is 0 Å². The third kappa shape index (κ3) is 7.33. The van der Waals surface area contributed by atoms with Gasteiger partial charge < -0.3 is 20.1 Å². The molecule has 0 amide bonds. The number of esters is 1. The quantitative estimate of drug-likeness (QED) is 0.479. The maximum atomic E-state index is 12.7. The standard InChI is InChI=1S/C18H22O8/c19-14(20)6-9-18(10-7-15(21)22,11-8-16(23)24)17(25)26-12-13-4-2-1-3-5-13/h1-5H,6-12H2,(H,19,20)(H,21,22)(H,23,24). The first kappa shape index (κ1) is 21.1. The molecular formula is C18H22O8. The molecule has 0 aliphatic rings. The van der Waals surface area contributed by atoms with Crippen molar-refractivity contribution in [1.82, 2.24) is 0 Å². The van der Waals surface area contributed by atoms with Crippen LogP contribution in [0.4, 0.5) is 0 Å². The number of hydrogen-bond acceptors (Lipinski definition) is 5. The van der Waals surface area contributed by atoms with Crippen LogP contribution in [-0.2, 0) is 30.5 Å². The zero-order chi connectivity index (χ0) is 19.6. The molecule has 1 aromatic rings. The normalized spacial score (nSPS) is 10.9. The lowest BCUT2D eigenvalue weighted by Crippen LogP contribution is -2.35. The van der Waals surface area contributed by atoms with Crippen LogP contribution in [0.15, 0.2) is 30.3 Å². The minimum atomic E-state index is -1.47. The van der Waals surface area contributed by atoms with E-state index in [-0.39, 0.29) is 45.1 Å². The van der Waals surface area contributed by atoms with Crippen LogP contribution in [-0.4, -0.2) is 39.2 Å². The van der Waals surface area contributed by atoms with Crippen LogP contribution in [0.5, 0.6) is 0 Å². The summed E-state index contributed by atoms with van der Waals surface area (Å²) in [4.78, 5) is 45.5.